The molecule has 0 radical (unpaired) electrons. The molecule has 0 aliphatic carbocycles. The second-order valence-electron chi connectivity index (χ2n) is 3.70. The third-order valence-corrected chi connectivity index (χ3v) is 5.19. The number of nitrogens with one attached hydrogen (secondary N) is 2. The highest BCUT2D eigenvalue weighted by Crippen LogP contribution is 2.22. The van der Waals surface area contributed by atoms with Crippen LogP contribution in [0.5, 0.6) is 0 Å². The van der Waals surface area contributed by atoms with Gasteiger partial charge in [-0.15, -0.1) is 0 Å². The summed E-state index contributed by atoms with van der Waals surface area (Å²) in [7, 11) is -3.55. The number of sulfonamides is 1. The molecule has 17 heavy (non-hydrogen) atoms. The van der Waals surface area contributed by atoms with E-state index in [0.29, 0.717) is 5.69 Å². The van der Waals surface area contributed by atoms with Crippen molar-refractivity contribution in [3.8, 4) is 0 Å². The summed E-state index contributed by atoms with van der Waals surface area (Å²) in [6.07, 6.45) is 3.63. The highest BCUT2D eigenvalue weighted by molar-refractivity contribution is 7.99. The molecule has 1 atom stereocenters. The number of nitrogen functional groups attached to an aromatic ring is 1. The standard InChI is InChI=1S/C9H14N4O2S2/c10-12-8-1-3-11-5-9(8)17(14,15)13-7-2-4-16-6-7/h1,3,5,7,13H,2,4,6,10H2,(H,11,12). The molecule has 94 valence electrons. The molecule has 2 rings (SSSR count). The predicted molar refractivity (Wildman–Crippen MR) is 68.1 cm³/mol. The van der Waals surface area contributed by atoms with E-state index in [4.69, 9.17) is 5.84 Å². The normalized spacial score (nSPS) is 20.4. The Bertz CT molecular complexity index is 486. The van der Waals surface area contributed by atoms with Gasteiger partial charge in [-0.2, -0.15) is 11.8 Å². The van der Waals surface area contributed by atoms with Crippen LogP contribution in [-0.2, 0) is 10.0 Å². The lowest BCUT2D eigenvalue weighted by Crippen LogP contribution is -2.35. The van der Waals surface area contributed by atoms with Gasteiger partial charge in [0.05, 0.1) is 5.69 Å². The molecule has 0 bridgehead atoms. The van der Waals surface area contributed by atoms with E-state index in [1.807, 2.05) is 0 Å². The first-order valence-corrected chi connectivity index (χ1v) is 7.78. The van der Waals surface area contributed by atoms with Crippen molar-refractivity contribution >= 4 is 27.5 Å². The zero-order chi connectivity index (χ0) is 12.3. The third kappa shape index (κ3) is 2.89. The Balaban J connectivity index is 2.24. The summed E-state index contributed by atoms with van der Waals surface area (Å²) in [4.78, 5) is 3.90. The molecule has 0 amide bonds. The summed E-state index contributed by atoms with van der Waals surface area (Å²) in [6.45, 7) is 0. The molecule has 1 aromatic heterocycles. The first-order valence-electron chi connectivity index (χ1n) is 5.14. The van der Waals surface area contributed by atoms with Crippen molar-refractivity contribution in [2.24, 2.45) is 5.84 Å². The van der Waals surface area contributed by atoms with E-state index >= 15 is 0 Å². The van der Waals surface area contributed by atoms with Gasteiger partial charge in [0.25, 0.3) is 0 Å². The molecular formula is C9H14N4O2S2. The largest absolute Gasteiger partial charge is 0.323 e. The summed E-state index contributed by atoms with van der Waals surface area (Å²) in [6, 6.07) is 1.52. The van der Waals surface area contributed by atoms with Crippen LogP contribution in [0.15, 0.2) is 23.4 Å². The van der Waals surface area contributed by atoms with Crippen LogP contribution in [0.2, 0.25) is 0 Å². The molecule has 2 heterocycles. The van der Waals surface area contributed by atoms with E-state index in [0.717, 1.165) is 17.9 Å². The SMILES string of the molecule is NNc1ccncc1S(=O)(=O)NC1CCSC1. The van der Waals surface area contributed by atoms with Gasteiger partial charge in [-0.3, -0.25) is 10.8 Å². The molecule has 1 unspecified atom stereocenters. The van der Waals surface area contributed by atoms with E-state index in [-0.39, 0.29) is 10.9 Å². The van der Waals surface area contributed by atoms with E-state index in [1.54, 1.807) is 11.8 Å². The predicted octanol–water partition coefficient (Wildman–Crippen LogP) is 0.151. The van der Waals surface area contributed by atoms with Gasteiger partial charge >= 0.3 is 0 Å². The lowest BCUT2D eigenvalue weighted by molar-refractivity contribution is 0.563. The molecule has 1 aromatic rings. The molecule has 0 aromatic carbocycles. The van der Waals surface area contributed by atoms with Crippen LogP contribution in [0.4, 0.5) is 5.69 Å². The summed E-state index contributed by atoms with van der Waals surface area (Å²) >= 11 is 1.75. The minimum atomic E-state index is -3.55. The highest BCUT2D eigenvalue weighted by atomic mass is 32.2. The second kappa shape index (κ2) is 5.21. The van der Waals surface area contributed by atoms with Crippen LogP contribution < -0.4 is 16.0 Å². The summed E-state index contributed by atoms with van der Waals surface area (Å²) < 4.78 is 26.9. The number of hydrazine groups is 1. The maximum Gasteiger partial charge on any atom is 0.244 e. The fourth-order valence-electron chi connectivity index (χ4n) is 1.62. The van der Waals surface area contributed by atoms with Crippen LogP contribution in [0.1, 0.15) is 6.42 Å². The van der Waals surface area contributed by atoms with Gasteiger partial charge in [0.15, 0.2) is 0 Å². The van der Waals surface area contributed by atoms with Crippen molar-refractivity contribution in [1.29, 1.82) is 0 Å². The van der Waals surface area contributed by atoms with E-state index < -0.39 is 10.0 Å². The number of thioether (sulfide) groups is 1. The van der Waals surface area contributed by atoms with Gasteiger partial charge in [-0.05, 0) is 18.2 Å². The number of hydrogen-bond acceptors (Lipinski definition) is 6. The van der Waals surface area contributed by atoms with Crippen molar-refractivity contribution in [3.63, 3.8) is 0 Å². The van der Waals surface area contributed by atoms with Gasteiger partial charge in [-0.1, -0.05) is 0 Å². The molecule has 1 saturated heterocycles. The van der Waals surface area contributed by atoms with E-state index in [9.17, 15) is 8.42 Å². The number of anilines is 1. The number of aromatic nitrogens is 1. The van der Waals surface area contributed by atoms with Gasteiger partial charge in [0.1, 0.15) is 4.90 Å². The van der Waals surface area contributed by atoms with Crippen LogP contribution in [0.3, 0.4) is 0 Å². The second-order valence-corrected chi connectivity index (χ2v) is 6.53. The van der Waals surface area contributed by atoms with Crippen molar-refractivity contribution < 1.29 is 8.42 Å². The van der Waals surface area contributed by atoms with Crippen LogP contribution >= 0.6 is 11.8 Å². The molecule has 8 heteroatoms. The Labute approximate surface area is 104 Å². The smallest absolute Gasteiger partial charge is 0.244 e. The Kier molecular flexibility index (Phi) is 3.87. The molecule has 0 saturated carbocycles. The number of hydrogen-bond donors (Lipinski definition) is 3. The summed E-state index contributed by atoms with van der Waals surface area (Å²) in [5.74, 6) is 7.08. The fourth-order valence-corrected chi connectivity index (χ4v) is 4.26. The van der Waals surface area contributed by atoms with Gasteiger partial charge < -0.3 is 5.43 Å². The Morgan fingerprint density at radius 2 is 2.35 bits per heavy atom. The van der Waals surface area contributed by atoms with Crippen LogP contribution in [0.25, 0.3) is 0 Å². The number of pyridine rings is 1. The van der Waals surface area contributed by atoms with Crippen molar-refractivity contribution in [2.75, 3.05) is 16.9 Å². The highest BCUT2D eigenvalue weighted by Gasteiger charge is 2.25. The molecule has 6 nitrogen and oxygen atoms in total. The van der Waals surface area contributed by atoms with Gasteiger partial charge in [0, 0.05) is 24.2 Å². The first-order chi connectivity index (χ1) is 8.13. The quantitative estimate of drug-likeness (QED) is 0.534. The molecule has 4 N–H and O–H groups in total. The van der Waals surface area contributed by atoms with E-state index in [1.165, 1.54) is 18.5 Å². The average molecular weight is 274 g/mol. The molecule has 1 fully saturated rings. The third-order valence-electron chi connectivity index (χ3n) is 2.48. The average Bonchev–Trinajstić information content (AvgIpc) is 2.81. The number of rotatable bonds is 4. The lowest BCUT2D eigenvalue weighted by atomic mass is 10.3. The molecular weight excluding hydrogens is 260 g/mol. The Morgan fingerprint density at radius 1 is 1.53 bits per heavy atom. The Hall–Kier alpha value is -0.830. The van der Waals surface area contributed by atoms with Crippen molar-refractivity contribution in [3.05, 3.63) is 18.5 Å². The maximum absolute atomic E-state index is 12.1. The minimum absolute atomic E-state index is 0.00386. The fraction of sp³-hybridized carbons (Fsp3) is 0.444. The zero-order valence-electron chi connectivity index (χ0n) is 9.09. The van der Waals surface area contributed by atoms with E-state index in [2.05, 4.69) is 15.1 Å². The lowest BCUT2D eigenvalue weighted by Gasteiger charge is -2.13. The first kappa shape index (κ1) is 12.6. The van der Waals surface area contributed by atoms with Crippen molar-refractivity contribution in [1.82, 2.24) is 9.71 Å². The van der Waals surface area contributed by atoms with Gasteiger partial charge in [-0.25, -0.2) is 13.1 Å². The molecule has 1 aliphatic rings. The summed E-state index contributed by atoms with van der Waals surface area (Å²) in [5, 5.41) is 0. The van der Waals surface area contributed by atoms with Gasteiger partial charge in [0.2, 0.25) is 10.0 Å². The van der Waals surface area contributed by atoms with Crippen LogP contribution in [0, 0.1) is 0 Å². The molecule has 0 spiro atoms. The molecule has 1 aliphatic heterocycles. The Morgan fingerprint density at radius 3 is 3.00 bits per heavy atom. The minimum Gasteiger partial charge on any atom is -0.323 e. The zero-order valence-corrected chi connectivity index (χ0v) is 10.7. The monoisotopic (exact) mass is 274 g/mol. The maximum atomic E-state index is 12.1. The number of nitrogens with zero attached hydrogens (tertiary/aromatic N) is 1. The summed E-state index contributed by atoms with van der Waals surface area (Å²) in [5.41, 5.74) is 2.71. The van der Waals surface area contributed by atoms with Crippen LogP contribution in [-0.4, -0.2) is 30.9 Å². The topological polar surface area (TPSA) is 97.1 Å². The number of nitrogens with two attached hydrogens (primary N) is 1. The van der Waals surface area contributed by atoms with Crippen molar-refractivity contribution in [2.45, 2.75) is 17.4 Å².